The zero-order valence-corrected chi connectivity index (χ0v) is 32.4. The van der Waals surface area contributed by atoms with Gasteiger partial charge in [0, 0.05) is 9.75 Å². The molecule has 266 valence electrons. The van der Waals surface area contributed by atoms with Crippen molar-refractivity contribution in [1.82, 2.24) is 0 Å². The van der Waals surface area contributed by atoms with Crippen LogP contribution in [0, 0.1) is 0 Å². The van der Waals surface area contributed by atoms with Crippen molar-refractivity contribution in [3.05, 3.63) is 247 Å². The zero-order valence-electron chi connectivity index (χ0n) is 30.8. The van der Waals surface area contributed by atoms with Crippen molar-refractivity contribution in [2.45, 2.75) is 0 Å². The van der Waals surface area contributed by atoms with Crippen LogP contribution in [0.1, 0.15) is 54.3 Å². The minimum Gasteiger partial charge on any atom is -0.144 e. The summed E-state index contributed by atoms with van der Waals surface area (Å²) < 4.78 is 0. The summed E-state index contributed by atoms with van der Waals surface area (Å²) in [6.07, 6.45) is 13.8. The van der Waals surface area contributed by atoms with Gasteiger partial charge in [-0.2, -0.15) is 0 Å². The molecule has 7 aromatic carbocycles. The highest BCUT2D eigenvalue weighted by Gasteiger charge is 2.10. The molecular weight excluding hydrogens is 713 g/mol. The Balaban J connectivity index is 1.14. The van der Waals surface area contributed by atoms with Gasteiger partial charge in [-0.25, -0.2) is 0 Å². The van der Waals surface area contributed by atoms with E-state index in [1.165, 1.54) is 87.0 Å². The summed E-state index contributed by atoms with van der Waals surface area (Å²) >= 11 is 3.55. The van der Waals surface area contributed by atoms with E-state index >= 15 is 0 Å². The molecule has 9 aromatic rings. The molecule has 0 radical (unpaired) electrons. The molecule has 9 rings (SSSR count). The normalized spacial score (nSPS) is 12.4. The lowest BCUT2D eigenvalue weighted by atomic mass is 9.95. The topological polar surface area (TPSA) is 0 Å². The highest BCUT2D eigenvalue weighted by Crippen LogP contribution is 2.34. The maximum atomic E-state index is 2.34. The molecule has 0 saturated carbocycles. The highest BCUT2D eigenvalue weighted by molar-refractivity contribution is 7.11. The lowest BCUT2D eigenvalue weighted by Crippen LogP contribution is -1.88. The van der Waals surface area contributed by atoms with Crippen molar-refractivity contribution in [1.29, 1.82) is 0 Å². The molecule has 0 N–H and O–H groups in total. The number of rotatable bonds is 10. The van der Waals surface area contributed by atoms with Crippen LogP contribution in [0.25, 0.3) is 69.1 Å². The van der Waals surface area contributed by atoms with E-state index in [1.54, 1.807) is 22.7 Å². The fourth-order valence-electron chi connectivity index (χ4n) is 7.27. The Morgan fingerprint density at radius 1 is 0.304 bits per heavy atom. The van der Waals surface area contributed by atoms with E-state index < -0.39 is 0 Å². The van der Waals surface area contributed by atoms with Gasteiger partial charge in [0.2, 0.25) is 0 Å². The first-order chi connectivity index (χ1) is 27.7. The average molecular weight is 751 g/mol. The van der Waals surface area contributed by atoms with Crippen LogP contribution in [0.2, 0.25) is 0 Å². The molecule has 2 heterocycles. The van der Waals surface area contributed by atoms with Gasteiger partial charge in [0.25, 0.3) is 0 Å². The number of hydrogen-bond acceptors (Lipinski definition) is 2. The molecule has 56 heavy (non-hydrogen) atoms. The molecular formula is C54H38S2. The molecule has 0 amide bonds. The summed E-state index contributed by atoms with van der Waals surface area (Å²) in [5.41, 5.74) is 11.9. The molecule has 0 bridgehead atoms. The maximum absolute atomic E-state index is 2.34. The first-order valence-corrected chi connectivity index (χ1v) is 20.6. The van der Waals surface area contributed by atoms with Gasteiger partial charge in [0.05, 0.1) is 0 Å². The first-order valence-electron chi connectivity index (χ1n) is 18.9. The van der Waals surface area contributed by atoms with E-state index in [4.69, 9.17) is 0 Å². The van der Waals surface area contributed by atoms with E-state index in [2.05, 4.69) is 229 Å². The largest absolute Gasteiger partial charge is 0.144 e. The van der Waals surface area contributed by atoms with Crippen molar-refractivity contribution in [2.24, 2.45) is 0 Å². The quantitative estimate of drug-likeness (QED) is 0.0964. The van der Waals surface area contributed by atoms with Crippen LogP contribution in [-0.2, 0) is 0 Å². The predicted molar refractivity (Wildman–Crippen MR) is 248 cm³/mol. The number of benzene rings is 7. The van der Waals surface area contributed by atoms with E-state index in [1.807, 2.05) is 0 Å². The Bertz CT molecular complexity index is 2670. The minimum atomic E-state index is 1.17. The van der Waals surface area contributed by atoms with Gasteiger partial charge in [-0.05, 0) is 137 Å². The molecule has 0 unspecified atom stereocenters. The molecule has 2 aromatic heterocycles. The zero-order chi connectivity index (χ0) is 37.5. The summed E-state index contributed by atoms with van der Waals surface area (Å²) in [5.74, 6) is 0. The van der Waals surface area contributed by atoms with Crippen LogP contribution >= 0.6 is 22.7 Å². The lowest BCUT2D eigenvalue weighted by molar-refractivity contribution is 1.58. The van der Waals surface area contributed by atoms with Gasteiger partial charge in [0.15, 0.2) is 0 Å². The predicted octanol–water partition coefficient (Wildman–Crippen LogP) is 15.6. The van der Waals surface area contributed by atoms with Crippen LogP contribution in [0.15, 0.2) is 193 Å². The van der Waals surface area contributed by atoms with Crippen molar-refractivity contribution in [3.63, 3.8) is 0 Å². The first kappa shape index (κ1) is 35.1. The molecule has 0 saturated heterocycles. The SMILES string of the molecule is C(=Cc1ccccc1/C=C(\c1ccccc1)c1cccs1)c1cc2cc3ccccc3cc2cc1C=Cc1ccccc1/C=C(\c1ccccc1)c1cccs1. The molecule has 0 aliphatic rings. The third kappa shape index (κ3) is 7.80. The van der Waals surface area contributed by atoms with Crippen molar-refractivity contribution >= 4 is 91.8 Å². The molecule has 2 heteroatoms. The molecule has 0 nitrogen and oxygen atoms in total. The van der Waals surface area contributed by atoms with Crippen LogP contribution in [0.3, 0.4) is 0 Å². The molecule has 0 fully saturated rings. The molecule has 0 atom stereocenters. The molecule has 0 aliphatic heterocycles. The van der Waals surface area contributed by atoms with Crippen LogP contribution < -0.4 is 0 Å². The third-order valence-corrected chi connectivity index (χ3v) is 11.9. The second kappa shape index (κ2) is 16.4. The Kier molecular flexibility index (Phi) is 10.3. The number of thiophene rings is 2. The Morgan fingerprint density at radius 2 is 0.679 bits per heavy atom. The van der Waals surface area contributed by atoms with E-state index in [9.17, 15) is 0 Å². The van der Waals surface area contributed by atoms with Gasteiger partial charge >= 0.3 is 0 Å². The van der Waals surface area contributed by atoms with Crippen LogP contribution in [-0.4, -0.2) is 0 Å². The summed E-state index contributed by atoms with van der Waals surface area (Å²) in [4.78, 5) is 2.51. The van der Waals surface area contributed by atoms with Crippen LogP contribution in [0.4, 0.5) is 0 Å². The summed E-state index contributed by atoms with van der Waals surface area (Å²) in [6, 6.07) is 65.3. The fraction of sp³-hybridized carbons (Fsp3) is 0. The highest BCUT2D eigenvalue weighted by atomic mass is 32.1. The van der Waals surface area contributed by atoms with Crippen molar-refractivity contribution in [2.75, 3.05) is 0 Å². The second-order valence-corrected chi connectivity index (χ2v) is 15.7. The molecule has 0 aliphatic carbocycles. The minimum absolute atomic E-state index is 1.17. The van der Waals surface area contributed by atoms with Gasteiger partial charge in [-0.1, -0.05) is 170 Å². The lowest BCUT2D eigenvalue weighted by Gasteiger charge is -2.10. The summed E-state index contributed by atoms with van der Waals surface area (Å²) in [6.45, 7) is 0. The van der Waals surface area contributed by atoms with Crippen LogP contribution in [0.5, 0.6) is 0 Å². The third-order valence-electron chi connectivity index (χ3n) is 10.1. The smallest absolute Gasteiger partial charge is 0.0348 e. The summed E-state index contributed by atoms with van der Waals surface area (Å²) in [7, 11) is 0. The van der Waals surface area contributed by atoms with Crippen molar-refractivity contribution < 1.29 is 0 Å². The van der Waals surface area contributed by atoms with E-state index in [-0.39, 0.29) is 0 Å². The van der Waals surface area contributed by atoms with E-state index in [0.29, 0.717) is 0 Å². The second-order valence-electron chi connectivity index (χ2n) is 13.8. The van der Waals surface area contributed by atoms with E-state index in [0.717, 1.165) is 0 Å². The van der Waals surface area contributed by atoms with Crippen molar-refractivity contribution in [3.8, 4) is 0 Å². The van der Waals surface area contributed by atoms with Gasteiger partial charge in [0.1, 0.15) is 0 Å². The monoisotopic (exact) mass is 750 g/mol. The molecule has 0 spiro atoms. The maximum Gasteiger partial charge on any atom is 0.0348 e. The fourth-order valence-corrected chi connectivity index (χ4v) is 8.80. The Labute approximate surface area is 337 Å². The van der Waals surface area contributed by atoms with Gasteiger partial charge < -0.3 is 0 Å². The van der Waals surface area contributed by atoms with Gasteiger partial charge in [-0.15, -0.1) is 22.7 Å². The summed E-state index contributed by atoms with van der Waals surface area (Å²) in [5, 5.41) is 9.24. The number of hydrogen-bond donors (Lipinski definition) is 0. The Morgan fingerprint density at radius 3 is 1.09 bits per heavy atom. The Hall–Kier alpha value is -6.58. The number of fused-ring (bicyclic) bond motifs is 2. The average Bonchev–Trinajstić information content (AvgIpc) is 4.00. The van der Waals surface area contributed by atoms with Gasteiger partial charge in [-0.3, -0.25) is 0 Å². The standard InChI is InChI=1S/C54H38S2/c1-3-17-41(18-4-1)51(53-25-13-31-55-53)37-45-23-9-7-15-39(45)27-29-47-35-49-33-43-21-11-12-22-44(43)34-50(49)36-48(47)30-28-40-16-8-10-24-46(40)38-52(54-26-14-32-56-54)42-19-5-2-6-20-42/h1-38H/b29-27?,30-28?,51-37+,52-38+.